The second-order valence-corrected chi connectivity index (χ2v) is 5.34. The number of nitrogens with one attached hydrogen (secondary N) is 1. The van der Waals surface area contributed by atoms with Crippen LogP contribution < -0.4 is 11.1 Å². The van der Waals surface area contributed by atoms with Gasteiger partial charge in [-0.05, 0) is 48.4 Å². The van der Waals surface area contributed by atoms with Crippen molar-refractivity contribution in [1.82, 2.24) is 0 Å². The fraction of sp³-hybridized carbons (Fsp3) is 0.133. The first-order valence-electron chi connectivity index (χ1n) is 6.05. The Labute approximate surface area is 127 Å². The zero-order valence-electron chi connectivity index (χ0n) is 10.9. The molecule has 2 aromatic rings. The molecule has 0 unspecified atom stereocenters. The number of thiocarbonyl (C=S) groups is 1. The van der Waals surface area contributed by atoms with Crippen molar-refractivity contribution in [3.05, 3.63) is 63.9 Å². The molecular formula is C15H14ClFN2S. The van der Waals surface area contributed by atoms with Crippen LogP contribution in [0.2, 0.25) is 5.02 Å². The van der Waals surface area contributed by atoms with E-state index in [-0.39, 0.29) is 5.02 Å². The maximum Gasteiger partial charge on any atom is 0.141 e. The lowest BCUT2D eigenvalue weighted by Gasteiger charge is -2.10. The van der Waals surface area contributed by atoms with E-state index in [1.54, 1.807) is 12.1 Å². The number of nitrogens with two attached hydrogens (primary N) is 1. The number of benzene rings is 2. The first-order valence-corrected chi connectivity index (χ1v) is 6.84. The van der Waals surface area contributed by atoms with Crippen LogP contribution in [0.4, 0.5) is 10.1 Å². The molecule has 2 nitrogen and oxygen atoms in total. The van der Waals surface area contributed by atoms with Crippen LogP contribution in [0.15, 0.2) is 36.4 Å². The molecule has 0 amide bonds. The summed E-state index contributed by atoms with van der Waals surface area (Å²) >= 11 is 10.7. The number of hydrogen-bond donors (Lipinski definition) is 2. The highest BCUT2D eigenvalue weighted by atomic mass is 35.5. The van der Waals surface area contributed by atoms with Crippen LogP contribution in [-0.2, 0) is 6.54 Å². The van der Waals surface area contributed by atoms with Gasteiger partial charge in [0.1, 0.15) is 10.8 Å². The van der Waals surface area contributed by atoms with Gasteiger partial charge in [0.15, 0.2) is 0 Å². The number of anilines is 1. The highest BCUT2D eigenvalue weighted by molar-refractivity contribution is 7.80. The minimum atomic E-state index is -0.410. The summed E-state index contributed by atoms with van der Waals surface area (Å²) in [6.45, 7) is 2.51. The van der Waals surface area contributed by atoms with Crippen molar-refractivity contribution in [2.24, 2.45) is 5.73 Å². The minimum absolute atomic E-state index is 0.129. The van der Waals surface area contributed by atoms with Gasteiger partial charge in [-0.15, -0.1) is 0 Å². The first-order chi connectivity index (χ1) is 9.47. The van der Waals surface area contributed by atoms with Crippen molar-refractivity contribution in [3.8, 4) is 0 Å². The van der Waals surface area contributed by atoms with Gasteiger partial charge in [-0.3, -0.25) is 0 Å². The number of halogens is 2. The molecule has 0 aliphatic heterocycles. The Kier molecular flexibility index (Phi) is 4.57. The maximum absolute atomic E-state index is 13.1. The standard InChI is InChI=1S/C15H14ClFN2S/c1-9-6-11(3-4-12(9)15(18)20)19-8-10-2-5-14(17)13(16)7-10/h2-7,19H,8H2,1H3,(H2,18,20). The molecule has 3 N–H and O–H groups in total. The van der Waals surface area contributed by atoms with Crippen LogP contribution in [0.5, 0.6) is 0 Å². The molecule has 2 aromatic carbocycles. The van der Waals surface area contributed by atoms with Crippen molar-refractivity contribution >= 4 is 34.5 Å². The van der Waals surface area contributed by atoms with Gasteiger partial charge in [0, 0.05) is 17.8 Å². The average Bonchev–Trinajstić information content (AvgIpc) is 2.40. The third-order valence-electron chi connectivity index (χ3n) is 2.97. The van der Waals surface area contributed by atoms with Gasteiger partial charge in [-0.2, -0.15) is 0 Å². The van der Waals surface area contributed by atoms with E-state index in [2.05, 4.69) is 5.32 Å². The molecule has 0 bridgehead atoms. The van der Waals surface area contributed by atoms with Crippen LogP contribution >= 0.6 is 23.8 Å². The summed E-state index contributed by atoms with van der Waals surface area (Å²) in [5.74, 6) is -0.410. The van der Waals surface area contributed by atoms with Crippen LogP contribution in [-0.4, -0.2) is 4.99 Å². The molecule has 2 rings (SSSR count). The Morgan fingerprint density at radius 1 is 1.30 bits per heavy atom. The molecule has 104 valence electrons. The number of hydrogen-bond acceptors (Lipinski definition) is 2. The van der Waals surface area contributed by atoms with E-state index in [1.807, 2.05) is 25.1 Å². The van der Waals surface area contributed by atoms with Gasteiger partial charge in [-0.25, -0.2) is 4.39 Å². The summed E-state index contributed by atoms with van der Waals surface area (Å²) in [5, 5.41) is 3.38. The molecule has 0 fully saturated rings. The normalized spacial score (nSPS) is 10.3. The van der Waals surface area contributed by atoms with E-state index in [9.17, 15) is 4.39 Å². The van der Waals surface area contributed by atoms with E-state index in [0.29, 0.717) is 11.5 Å². The van der Waals surface area contributed by atoms with Crippen LogP contribution in [0.3, 0.4) is 0 Å². The Balaban J connectivity index is 2.09. The summed E-state index contributed by atoms with van der Waals surface area (Å²) in [4.78, 5) is 0.388. The van der Waals surface area contributed by atoms with E-state index in [1.165, 1.54) is 6.07 Å². The summed E-state index contributed by atoms with van der Waals surface area (Å²) in [6, 6.07) is 10.4. The zero-order valence-corrected chi connectivity index (χ0v) is 12.5. The van der Waals surface area contributed by atoms with E-state index < -0.39 is 5.82 Å². The molecule has 0 aliphatic carbocycles. The van der Waals surface area contributed by atoms with E-state index in [4.69, 9.17) is 29.6 Å². The molecule has 0 spiro atoms. The molecule has 0 aliphatic rings. The monoisotopic (exact) mass is 308 g/mol. The van der Waals surface area contributed by atoms with Crippen molar-refractivity contribution in [2.75, 3.05) is 5.32 Å². The molecule has 0 radical (unpaired) electrons. The van der Waals surface area contributed by atoms with Gasteiger partial charge >= 0.3 is 0 Å². The van der Waals surface area contributed by atoms with Gasteiger partial charge in [0.05, 0.1) is 5.02 Å². The first kappa shape index (κ1) is 14.8. The second kappa shape index (κ2) is 6.20. The van der Waals surface area contributed by atoms with Gasteiger partial charge < -0.3 is 11.1 Å². The van der Waals surface area contributed by atoms with Gasteiger partial charge in [0.25, 0.3) is 0 Å². The second-order valence-electron chi connectivity index (χ2n) is 4.50. The third-order valence-corrected chi connectivity index (χ3v) is 3.48. The highest BCUT2D eigenvalue weighted by Gasteiger charge is 2.04. The Bertz CT molecular complexity index is 658. The smallest absolute Gasteiger partial charge is 0.141 e. The van der Waals surface area contributed by atoms with E-state index >= 15 is 0 Å². The molecular weight excluding hydrogens is 295 g/mol. The minimum Gasteiger partial charge on any atom is -0.389 e. The van der Waals surface area contributed by atoms with Gasteiger partial charge in [0.2, 0.25) is 0 Å². The number of aryl methyl sites for hydroxylation is 1. The van der Waals surface area contributed by atoms with Crippen LogP contribution in [0.1, 0.15) is 16.7 Å². The van der Waals surface area contributed by atoms with E-state index in [0.717, 1.165) is 22.4 Å². The molecule has 0 atom stereocenters. The summed E-state index contributed by atoms with van der Waals surface area (Å²) in [5.41, 5.74) is 9.36. The lowest BCUT2D eigenvalue weighted by molar-refractivity contribution is 0.627. The van der Waals surface area contributed by atoms with Crippen LogP contribution in [0.25, 0.3) is 0 Å². The topological polar surface area (TPSA) is 38.0 Å². The molecule has 5 heteroatoms. The maximum atomic E-state index is 13.1. The van der Waals surface area contributed by atoms with Crippen molar-refractivity contribution in [3.63, 3.8) is 0 Å². The predicted octanol–water partition coefficient (Wildman–Crippen LogP) is 4.03. The van der Waals surface area contributed by atoms with Crippen molar-refractivity contribution in [1.29, 1.82) is 0 Å². The molecule has 20 heavy (non-hydrogen) atoms. The largest absolute Gasteiger partial charge is 0.389 e. The molecule has 0 aromatic heterocycles. The fourth-order valence-corrected chi connectivity index (χ4v) is 2.34. The van der Waals surface area contributed by atoms with Crippen molar-refractivity contribution in [2.45, 2.75) is 13.5 Å². The quantitative estimate of drug-likeness (QED) is 0.837. The third kappa shape index (κ3) is 3.46. The average molecular weight is 309 g/mol. The SMILES string of the molecule is Cc1cc(NCc2ccc(F)c(Cl)c2)ccc1C(N)=S. The predicted molar refractivity (Wildman–Crippen MR) is 85.8 cm³/mol. The molecule has 0 saturated carbocycles. The Morgan fingerprint density at radius 2 is 2.05 bits per heavy atom. The summed E-state index contributed by atoms with van der Waals surface area (Å²) in [6.07, 6.45) is 0. The van der Waals surface area contributed by atoms with Crippen molar-refractivity contribution < 1.29 is 4.39 Å². The lowest BCUT2D eigenvalue weighted by Crippen LogP contribution is -2.11. The summed E-state index contributed by atoms with van der Waals surface area (Å²) in [7, 11) is 0. The highest BCUT2D eigenvalue weighted by Crippen LogP contribution is 2.19. The fourth-order valence-electron chi connectivity index (χ4n) is 1.90. The molecule has 0 heterocycles. The zero-order chi connectivity index (χ0) is 14.7. The Hall–Kier alpha value is -1.65. The van der Waals surface area contributed by atoms with Gasteiger partial charge in [-0.1, -0.05) is 29.9 Å². The summed E-state index contributed by atoms with van der Waals surface area (Å²) < 4.78 is 13.1. The molecule has 0 saturated heterocycles. The number of rotatable bonds is 4. The Morgan fingerprint density at radius 3 is 2.65 bits per heavy atom. The lowest BCUT2D eigenvalue weighted by atomic mass is 10.1. The van der Waals surface area contributed by atoms with Crippen LogP contribution in [0, 0.1) is 12.7 Å².